The summed E-state index contributed by atoms with van der Waals surface area (Å²) in [5.74, 6) is 1.86. The van der Waals surface area contributed by atoms with E-state index in [-0.39, 0.29) is 5.84 Å². The molecule has 1 fully saturated rings. The fourth-order valence-corrected chi connectivity index (χ4v) is 2.27. The highest BCUT2D eigenvalue weighted by Crippen LogP contribution is 2.20. The van der Waals surface area contributed by atoms with Crippen LogP contribution in [-0.4, -0.2) is 29.1 Å². The average molecular weight is 248 g/mol. The van der Waals surface area contributed by atoms with Crippen molar-refractivity contribution in [3.05, 3.63) is 23.9 Å². The summed E-state index contributed by atoms with van der Waals surface area (Å²) in [4.78, 5) is 6.70. The number of aromatic nitrogens is 1. The van der Waals surface area contributed by atoms with E-state index in [0.29, 0.717) is 5.56 Å². The van der Waals surface area contributed by atoms with Gasteiger partial charge in [-0.25, -0.2) is 4.98 Å². The molecule has 0 saturated carbocycles. The van der Waals surface area contributed by atoms with Gasteiger partial charge in [-0.15, -0.1) is 0 Å². The molecule has 1 saturated heterocycles. The first kappa shape index (κ1) is 12.7. The first-order valence-electron chi connectivity index (χ1n) is 6.39. The van der Waals surface area contributed by atoms with Gasteiger partial charge in [-0.1, -0.05) is 12.1 Å². The summed E-state index contributed by atoms with van der Waals surface area (Å²) in [5.41, 5.74) is 6.16. The quantitative estimate of drug-likeness (QED) is 0.362. The molecule has 2 rings (SSSR count). The molecule has 1 aliphatic rings. The Morgan fingerprint density at radius 3 is 2.94 bits per heavy atom. The predicted octanol–water partition coefficient (Wildman–Crippen LogP) is 1.80. The van der Waals surface area contributed by atoms with E-state index in [1.54, 1.807) is 6.20 Å². The molecule has 1 aromatic heterocycles. The van der Waals surface area contributed by atoms with Crippen LogP contribution >= 0.6 is 0 Å². The molecule has 3 N–H and O–H groups in total. The molecule has 1 atom stereocenters. The van der Waals surface area contributed by atoms with Crippen LogP contribution in [0.5, 0.6) is 0 Å². The highest BCUT2D eigenvalue weighted by Gasteiger charge is 2.15. The molecular weight excluding hydrogens is 228 g/mol. The van der Waals surface area contributed by atoms with E-state index < -0.39 is 0 Å². The number of hydrogen-bond acceptors (Lipinski definition) is 4. The number of pyridine rings is 1. The number of nitrogens with zero attached hydrogens (tertiary/aromatic N) is 3. The molecule has 0 amide bonds. The molecule has 18 heavy (non-hydrogen) atoms. The Balaban J connectivity index is 2.09. The van der Waals surface area contributed by atoms with Crippen LogP contribution in [-0.2, 0) is 0 Å². The second-order valence-corrected chi connectivity index (χ2v) is 4.91. The molecule has 0 aliphatic carbocycles. The van der Waals surface area contributed by atoms with Crippen LogP contribution in [0, 0.1) is 5.92 Å². The Labute approximate surface area is 107 Å². The zero-order valence-corrected chi connectivity index (χ0v) is 10.7. The van der Waals surface area contributed by atoms with Gasteiger partial charge in [-0.3, -0.25) is 0 Å². The third-order valence-corrected chi connectivity index (χ3v) is 3.49. The van der Waals surface area contributed by atoms with E-state index in [1.165, 1.54) is 19.3 Å². The van der Waals surface area contributed by atoms with Crippen molar-refractivity contribution in [1.29, 1.82) is 0 Å². The van der Waals surface area contributed by atoms with E-state index in [2.05, 4.69) is 22.0 Å². The van der Waals surface area contributed by atoms with Gasteiger partial charge in [0.05, 0.1) is 0 Å². The highest BCUT2D eigenvalue weighted by atomic mass is 16.4. The normalized spacial score (nSPS) is 21.7. The predicted molar refractivity (Wildman–Crippen MR) is 72.0 cm³/mol. The van der Waals surface area contributed by atoms with Crippen LogP contribution in [0.25, 0.3) is 0 Å². The third-order valence-electron chi connectivity index (χ3n) is 3.49. The minimum Gasteiger partial charge on any atom is -0.409 e. The van der Waals surface area contributed by atoms with Gasteiger partial charge in [-0.05, 0) is 37.3 Å². The van der Waals surface area contributed by atoms with Gasteiger partial charge in [0.15, 0.2) is 5.84 Å². The van der Waals surface area contributed by atoms with Crippen molar-refractivity contribution >= 4 is 11.7 Å². The lowest BCUT2D eigenvalue weighted by Crippen LogP contribution is -2.25. The summed E-state index contributed by atoms with van der Waals surface area (Å²) in [6.07, 6.45) is 5.37. The number of oxime groups is 1. The largest absolute Gasteiger partial charge is 0.409 e. The topological polar surface area (TPSA) is 74.7 Å². The van der Waals surface area contributed by atoms with E-state index in [1.807, 2.05) is 12.1 Å². The van der Waals surface area contributed by atoms with Crippen molar-refractivity contribution in [3.63, 3.8) is 0 Å². The van der Waals surface area contributed by atoms with Crippen LogP contribution in [0.4, 0.5) is 5.82 Å². The second-order valence-electron chi connectivity index (χ2n) is 4.91. The number of nitrogens with two attached hydrogens (primary N) is 1. The maximum absolute atomic E-state index is 8.60. The van der Waals surface area contributed by atoms with E-state index >= 15 is 0 Å². The maximum Gasteiger partial charge on any atom is 0.171 e. The minimum atomic E-state index is 0.0959. The van der Waals surface area contributed by atoms with Gasteiger partial charge in [0.2, 0.25) is 0 Å². The molecule has 5 nitrogen and oxygen atoms in total. The zero-order chi connectivity index (χ0) is 13.0. The van der Waals surface area contributed by atoms with Crippen molar-refractivity contribution in [2.75, 3.05) is 18.0 Å². The molecule has 1 aliphatic heterocycles. The summed E-state index contributed by atoms with van der Waals surface area (Å²) in [7, 11) is 0. The van der Waals surface area contributed by atoms with Crippen molar-refractivity contribution < 1.29 is 5.21 Å². The molecule has 5 heteroatoms. The monoisotopic (exact) mass is 248 g/mol. The molecular formula is C13H20N4O. The van der Waals surface area contributed by atoms with Crippen LogP contribution in [0.3, 0.4) is 0 Å². The smallest absolute Gasteiger partial charge is 0.171 e. The van der Waals surface area contributed by atoms with Gasteiger partial charge in [0.1, 0.15) is 5.82 Å². The fourth-order valence-electron chi connectivity index (χ4n) is 2.27. The van der Waals surface area contributed by atoms with Crippen LogP contribution < -0.4 is 10.6 Å². The fraction of sp³-hybridized carbons (Fsp3) is 0.538. The minimum absolute atomic E-state index is 0.0959. The van der Waals surface area contributed by atoms with Crippen LogP contribution in [0.15, 0.2) is 23.5 Å². The lowest BCUT2D eigenvalue weighted by molar-refractivity contribution is 0.318. The molecule has 98 valence electrons. The summed E-state index contributed by atoms with van der Waals surface area (Å²) in [6, 6.07) is 3.77. The Kier molecular flexibility index (Phi) is 4.02. The van der Waals surface area contributed by atoms with Gasteiger partial charge < -0.3 is 15.8 Å². The molecule has 0 aromatic carbocycles. The first-order chi connectivity index (χ1) is 8.70. The SMILES string of the molecule is CC1CCCN(c2ccc(C(N)=NO)cn2)CC1. The number of hydrogen-bond donors (Lipinski definition) is 2. The van der Waals surface area contributed by atoms with E-state index in [0.717, 1.165) is 24.8 Å². The van der Waals surface area contributed by atoms with Crippen molar-refractivity contribution in [2.45, 2.75) is 26.2 Å². The molecule has 2 heterocycles. The molecule has 0 radical (unpaired) electrons. The van der Waals surface area contributed by atoms with Gasteiger partial charge in [0.25, 0.3) is 0 Å². The van der Waals surface area contributed by atoms with Crippen LogP contribution in [0.1, 0.15) is 31.7 Å². The summed E-state index contributed by atoms with van der Waals surface area (Å²) in [6.45, 7) is 4.41. The molecule has 0 bridgehead atoms. The second kappa shape index (κ2) is 5.71. The maximum atomic E-state index is 8.60. The summed E-state index contributed by atoms with van der Waals surface area (Å²) < 4.78 is 0. The summed E-state index contributed by atoms with van der Waals surface area (Å²) in [5, 5.41) is 11.6. The van der Waals surface area contributed by atoms with Crippen molar-refractivity contribution in [3.8, 4) is 0 Å². The van der Waals surface area contributed by atoms with Gasteiger partial charge in [0, 0.05) is 24.8 Å². The van der Waals surface area contributed by atoms with Crippen LogP contribution in [0.2, 0.25) is 0 Å². The zero-order valence-electron chi connectivity index (χ0n) is 10.7. The lowest BCUT2D eigenvalue weighted by Gasteiger charge is -2.21. The Morgan fingerprint density at radius 2 is 2.28 bits per heavy atom. The molecule has 1 aromatic rings. The third kappa shape index (κ3) is 2.91. The standard InChI is InChI=1S/C13H20N4O/c1-10-3-2-7-17(8-6-10)12-5-4-11(9-15-12)13(14)16-18/h4-5,9-10,18H,2-3,6-8H2,1H3,(H2,14,16). The number of amidine groups is 1. The van der Waals surface area contributed by atoms with E-state index in [4.69, 9.17) is 10.9 Å². The summed E-state index contributed by atoms with van der Waals surface area (Å²) >= 11 is 0. The number of rotatable bonds is 2. The first-order valence-corrected chi connectivity index (χ1v) is 6.39. The molecule has 0 spiro atoms. The Morgan fingerprint density at radius 1 is 1.44 bits per heavy atom. The van der Waals surface area contributed by atoms with E-state index in [9.17, 15) is 0 Å². The highest BCUT2D eigenvalue weighted by molar-refractivity contribution is 5.96. The molecule has 1 unspecified atom stereocenters. The van der Waals surface area contributed by atoms with Crippen molar-refractivity contribution in [2.24, 2.45) is 16.8 Å². The van der Waals surface area contributed by atoms with Gasteiger partial charge >= 0.3 is 0 Å². The Hall–Kier alpha value is -1.78. The number of anilines is 1. The Bertz CT molecular complexity index is 416. The van der Waals surface area contributed by atoms with Gasteiger partial charge in [-0.2, -0.15) is 0 Å². The van der Waals surface area contributed by atoms with Crippen molar-refractivity contribution in [1.82, 2.24) is 4.98 Å². The average Bonchev–Trinajstić information content (AvgIpc) is 2.63. The lowest BCUT2D eigenvalue weighted by atomic mass is 10.0.